The molecule has 0 aliphatic heterocycles. The van der Waals surface area contributed by atoms with E-state index in [1.54, 1.807) is 0 Å². The minimum absolute atomic E-state index is 1.05. The highest BCUT2D eigenvalue weighted by atomic mass is 15.2. The third-order valence-electron chi connectivity index (χ3n) is 4.98. The van der Waals surface area contributed by atoms with Gasteiger partial charge in [0, 0.05) is 17.1 Å². The largest absolute Gasteiger partial charge is 0.315 e. The van der Waals surface area contributed by atoms with Crippen molar-refractivity contribution < 1.29 is 0 Å². The lowest BCUT2D eigenvalue weighted by atomic mass is 9.99. The fraction of sp³-hybridized carbons (Fsp3) is 0.154. The molecule has 27 heavy (non-hydrogen) atoms. The Kier molecular flexibility index (Phi) is 5.50. The van der Waals surface area contributed by atoms with E-state index < -0.39 is 0 Å². The monoisotopic (exact) mass is 351 g/mol. The van der Waals surface area contributed by atoms with Crippen molar-refractivity contribution in [1.29, 1.82) is 0 Å². The Morgan fingerprint density at radius 3 is 2.19 bits per heavy atom. The van der Waals surface area contributed by atoms with Gasteiger partial charge in [0.1, 0.15) is 0 Å². The molecule has 0 amide bonds. The van der Waals surface area contributed by atoms with Crippen LogP contribution in [-0.4, -0.2) is 0 Å². The van der Waals surface area contributed by atoms with E-state index in [1.165, 1.54) is 28.2 Å². The molecule has 0 heterocycles. The van der Waals surface area contributed by atoms with Crippen molar-refractivity contribution in [2.75, 3.05) is 4.90 Å². The molecule has 0 aromatic heterocycles. The Morgan fingerprint density at radius 2 is 1.52 bits per heavy atom. The van der Waals surface area contributed by atoms with Crippen LogP contribution in [0.2, 0.25) is 0 Å². The number of hydrogen-bond donors (Lipinski definition) is 0. The average molecular weight is 351 g/mol. The van der Waals surface area contributed by atoms with E-state index in [1.807, 2.05) is 0 Å². The number of benzene rings is 2. The van der Waals surface area contributed by atoms with Gasteiger partial charge in [0.05, 0.1) is 0 Å². The molecule has 0 spiro atoms. The summed E-state index contributed by atoms with van der Waals surface area (Å²) in [5, 5.41) is 0. The van der Waals surface area contributed by atoms with Crippen LogP contribution in [-0.2, 0) is 0 Å². The van der Waals surface area contributed by atoms with Gasteiger partial charge in [-0.2, -0.15) is 0 Å². The zero-order valence-electron chi connectivity index (χ0n) is 15.6. The Labute approximate surface area is 162 Å². The predicted octanol–water partition coefficient (Wildman–Crippen LogP) is 7.04. The van der Waals surface area contributed by atoms with Gasteiger partial charge in [-0.25, -0.2) is 0 Å². The van der Waals surface area contributed by atoms with Crippen molar-refractivity contribution in [2.24, 2.45) is 0 Å². The van der Waals surface area contributed by atoms with Crippen LogP contribution >= 0.6 is 0 Å². The third-order valence-corrected chi connectivity index (χ3v) is 4.98. The Morgan fingerprint density at radius 1 is 0.741 bits per heavy atom. The number of rotatable bonds is 5. The van der Waals surface area contributed by atoms with Gasteiger partial charge in [-0.1, -0.05) is 78.9 Å². The molecule has 0 saturated heterocycles. The smallest absolute Gasteiger partial charge is 0.0458 e. The quantitative estimate of drug-likeness (QED) is 0.558. The van der Waals surface area contributed by atoms with Crippen molar-refractivity contribution in [1.82, 2.24) is 0 Å². The summed E-state index contributed by atoms with van der Waals surface area (Å²) >= 11 is 0. The van der Waals surface area contributed by atoms with Crippen molar-refractivity contribution >= 4 is 11.8 Å². The molecule has 4 rings (SSSR count). The topological polar surface area (TPSA) is 3.24 Å². The Bertz CT molecular complexity index is 911. The molecule has 0 unspecified atom stereocenters. The fourth-order valence-electron chi connectivity index (χ4n) is 3.56. The molecule has 2 aromatic carbocycles. The van der Waals surface area contributed by atoms with Crippen LogP contribution in [0.15, 0.2) is 114 Å². The second-order valence-corrected chi connectivity index (χ2v) is 6.92. The van der Waals surface area contributed by atoms with Gasteiger partial charge in [0.15, 0.2) is 0 Å². The van der Waals surface area contributed by atoms with Gasteiger partial charge in [-0.05, 0) is 61.1 Å². The molecule has 2 aromatic rings. The summed E-state index contributed by atoms with van der Waals surface area (Å²) in [4.78, 5) is 2.41. The van der Waals surface area contributed by atoms with E-state index in [2.05, 4.69) is 108 Å². The summed E-state index contributed by atoms with van der Waals surface area (Å²) in [6, 6.07) is 21.2. The van der Waals surface area contributed by atoms with Crippen molar-refractivity contribution in [2.45, 2.75) is 25.7 Å². The Hall–Kier alpha value is -3.06. The van der Waals surface area contributed by atoms with Gasteiger partial charge < -0.3 is 4.90 Å². The molecule has 0 radical (unpaired) electrons. The second kappa shape index (κ2) is 8.55. The molecule has 1 heteroatoms. The van der Waals surface area contributed by atoms with E-state index in [-0.39, 0.29) is 0 Å². The van der Waals surface area contributed by atoms with Crippen LogP contribution in [0.25, 0.3) is 6.08 Å². The van der Waals surface area contributed by atoms with Gasteiger partial charge >= 0.3 is 0 Å². The first-order chi connectivity index (χ1) is 13.4. The lowest BCUT2D eigenvalue weighted by Crippen LogP contribution is -2.22. The number of anilines is 1. The first kappa shape index (κ1) is 17.4. The highest BCUT2D eigenvalue weighted by Gasteiger charge is 2.17. The molecule has 2 aliphatic carbocycles. The van der Waals surface area contributed by atoms with Crippen LogP contribution in [0.4, 0.5) is 5.69 Å². The molecule has 0 fully saturated rings. The summed E-state index contributed by atoms with van der Waals surface area (Å²) in [5.74, 6) is 0. The molecule has 0 N–H and O–H groups in total. The van der Waals surface area contributed by atoms with E-state index in [0.29, 0.717) is 0 Å². The molecule has 134 valence electrons. The number of hydrogen-bond acceptors (Lipinski definition) is 1. The number of allylic oxidation sites excluding steroid dienone is 8. The van der Waals surface area contributed by atoms with Gasteiger partial charge in [0.2, 0.25) is 0 Å². The van der Waals surface area contributed by atoms with E-state index in [9.17, 15) is 0 Å². The maximum Gasteiger partial charge on any atom is 0.0458 e. The fourth-order valence-corrected chi connectivity index (χ4v) is 3.56. The van der Waals surface area contributed by atoms with Crippen LogP contribution in [0, 0.1) is 0 Å². The maximum atomic E-state index is 2.41. The van der Waals surface area contributed by atoms with Crippen LogP contribution in [0.5, 0.6) is 0 Å². The first-order valence-electron chi connectivity index (χ1n) is 9.75. The molecule has 2 aliphatic rings. The zero-order chi connectivity index (χ0) is 18.3. The molecular formula is C26H25N. The standard InChI is InChI=1S/C26H25N/c1-4-10-22(11-5-1)16-17-23-18-20-26(21-19-23)27(24-12-6-2-7-13-24)25-14-8-3-9-15-25/h1-2,4-8,10-18,20H,3,9,19,21H2. The lowest BCUT2D eigenvalue weighted by Gasteiger charge is -2.31. The summed E-state index contributed by atoms with van der Waals surface area (Å²) in [6.45, 7) is 0. The highest BCUT2D eigenvalue weighted by molar-refractivity contribution is 5.62. The summed E-state index contributed by atoms with van der Waals surface area (Å²) in [5.41, 5.74) is 6.50. The van der Waals surface area contributed by atoms with E-state index in [4.69, 9.17) is 0 Å². The van der Waals surface area contributed by atoms with Gasteiger partial charge in [-0.3, -0.25) is 0 Å². The minimum atomic E-state index is 1.05. The first-order valence-corrected chi connectivity index (χ1v) is 9.75. The second-order valence-electron chi connectivity index (χ2n) is 6.92. The maximum absolute atomic E-state index is 2.41. The van der Waals surface area contributed by atoms with Crippen LogP contribution < -0.4 is 4.90 Å². The summed E-state index contributed by atoms with van der Waals surface area (Å²) in [6.07, 6.45) is 20.2. The third kappa shape index (κ3) is 4.38. The van der Waals surface area contributed by atoms with Crippen molar-refractivity contribution in [3.05, 3.63) is 120 Å². The summed E-state index contributed by atoms with van der Waals surface area (Å²) < 4.78 is 0. The van der Waals surface area contributed by atoms with E-state index in [0.717, 1.165) is 25.7 Å². The minimum Gasteiger partial charge on any atom is -0.315 e. The van der Waals surface area contributed by atoms with Gasteiger partial charge in [0.25, 0.3) is 0 Å². The normalized spacial score (nSPS) is 16.7. The molecule has 1 nitrogen and oxygen atoms in total. The van der Waals surface area contributed by atoms with Crippen molar-refractivity contribution in [3.63, 3.8) is 0 Å². The summed E-state index contributed by atoms with van der Waals surface area (Å²) in [7, 11) is 0. The van der Waals surface area contributed by atoms with Gasteiger partial charge in [-0.15, -0.1) is 0 Å². The Balaban J connectivity index is 1.59. The lowest BCUT2D eigenvalue weighted by molar-refractivity contribution is 0.868. The van der Waals surface area contributed by atoms with Crippen LogP contribution in [0.3, 0.4) is 0 Å². The molecule has 0 atom stereocenters. The number of para-hydroxylation sites is 1. The number of nitrogens with zero attached hydrogens (tertiary/aromatic N) is 1. The highest BCUT2D eigenvalue weighted by Crippen LogP contribution is 2.32. The predicted molar refractivity (Wildman–Crippen MR) is 116 cm³/mol. The molecule has 0 bridgehead atoms. The van der Waals surface area contributed by atoms with E-state index >= 15 is 0 Å². The van der Waals surface area contributed by atoms with Crippen LogP contribution in [0.1, 0.15) is 31.2 Å². The van der Waals surface area contributed by atoms with Crippen molar-refractivity contribution in [3.8, 4) is 0 Å². The molecule has 0 saturated carbocycles. The SMILES string of the molecule is C1=CC(N(C2=CC=C(C=Cc3ccccc3)CC2)c2ccccc2)=CCC1. The zero-order valence-corrected chi connectivity index (χ0v) is 15.6. The average Bonchev–Trinajstić information content (AvgIpc) is 2.76. The molecular weight excluding hydrogens is 326 g/mol.